The molecule has 3 nitrogen and oxygen atoms in total. The first-order valence-corrected chi connectivity index (χ1v) is 5.59. The van der Waals surface area contributed by atoms with E-state index in [0.29, 0.717) is 0 Å². The molecule has 2 N–H and O–H groups in total. The summed E-state index contributed by atoms with van der Waals surface area (Å²) < 4.78 is 0.938. The predicted octanol–water partition coefficient (Wildman–Crippen LogP) is 1.63. The van der Waals surface area contributed by atoms with E-state index in [9.17, 15) is 5.11 Å². The Kier molecular flexibility index (Phi) is 3.15. The fraction of sp³-hybridized carbons (Fsp3) is 0.500. The van der Waals surface area contributed by atoms with Gasteiger partial charge < -0.3 is 10.4 Å². The Balaban J connectivity index is 2.09. The predicted molar refractivity (Wildman–Crippen MR) is 57.9 cm³/mol. The number of rotatable bonds is 2. The molecule has 2 atom stereocenters. The number of pyridine rings is 1. The molecule has 0 spiro atoms. The Morgan fingerprint density at radius 3 is 3.00 bits per heavy atom. The van der Waals surface area contributed by atoms with Crippen LogP contribution in [0.2, 0.25) is 0 Å². The van der Waals surface area contributed by atoms with Crippen molar-refractivity contribution in [1.82, 2.24) is 10.3 Å². The molecule has 0 aromatic carbocycles. The van der Waals surface area contributed by atoms with Crippen molar-refractivity contribution in [2.24, 2.45) is 0 Å². The number of nitrogens with one attached hydrogen (secondary N) is 1. The standard InChI is InChI=1S/C10H13BrN2O/c11-7-3-4-9(13-6-7)10(14)8-2-1-5-12-8/h3-4,6,8,10,12,14H,1-2,5H2. The lowest BCUT2D eigenvalue weighted by Gasteiger charge is -2.17. The SMILES string of the molecule is OC(c1ccc(Br)cn1)C1CCCN1. The molecule has 4 heteroatoms. The van der Waals surface area contributed by atoms with Crippen molar-refractivity contribution in [2.75, 3.05) is 6.54 Å². The molecule has 2 heterocycles. The van der Waals surface area contributed by atoms with E-state index in [1.54, 1.807) is 6.20 Å². The van der Waals surface area contributed by atoms with E-state index in [1.165, 1.54) is 0 Å². The van der Waals surface area contributed by atoms with Crippen LogP contribution in [0.4, 0.5) is 0 Å². The van der Waals surface area contributed by atoms with Gasteiger partial charge in [0.15, 0.2) is 0 Å². The summed E-state index contributed by atoms with van der Waals surface area (Å²) in [4.78, 5) is 4.19. The molecule has 0 radical (unpaired) electrons. The monoisotopic (exact) mass is 256 g/mol. The van der Waals surface area contributed by atoms with E-state index in [4.69, 9.17) is 0 Å². The molecular formula is C10H13BrN2O. The maximum Gasteiger partial charge on any atom is 0.111 e. The Morgan fingerprint density at radius 1 is 1.57 bits per heavy atom. The van der Waals surface area contributed by atoms with Gasteiger partial charge in [0.1, 0.15) is 6.10 Å². The van der Waals surface area contributed by atoms with Gasteiger partial charge in [0.05, 0.1) is 5.69 Å². The largest absolute Gasteiger partial charge is 0.385 e. The molecule has 76 valence electrons. The molecule has 0 amide bonds. The van der Waals surface area contributed by atoms with Crippen molar-refractivity contribution < 1.29 is 5.11 Å². The summed E-state index contributed by atoms with van der Waals surface area (Å²) in [6.45, 7) is 0.998. The quantitative estimate of drug-likeness (QED) is 0.846. The Hall–Kier alpha value is -0.450. The third kappa shape index (κ3) is 2.13. The number of aliphatic hydroxyl groups is 1. The molecule has 2 rings (SSSR count). The molecule has 0 saturated carbocycles. The van der Waals surface area contributed by atoms with E-state index in [-0.39, 0.29) is 6.04 Å². The molecule has 1 saturated heterocycles. The first kappa shape index (κ1) is 10.1. The molecular weight excluding hydrogens is 244 g/mol. The molecule has 1 aromatic rings. The summed E-state index contributed by atoms with van der Waals surface area (Å²) in [5, 5.41) is 13.2. The average molecular weight is 257 g/mol. The first-order valence-electron chi connectivity index (χ1n) is 4.80. The lowest BCUT2D eigenvalue weighted by Crippen LogP contribution is -2.29. The van der Waals surface area contributed by atoms with Crippen LogP contribution in [-0.4, -0.2) is 22.7 Å². The number of aliphatic hydroxyl groups excluding tert-OH is 1. The summed E-state index contributed by atoms with van der Waals surface area (Å²) in [5.74, 6) is 0. The summed E-state index contributed by atoms with van der Waals surface area (Å²) in [6.07, 6.45) is 3.40. The zero-order valence-electron chi connectivity index (χ0n) is 7.78. The molecule has 1 aromatic heterocycles. The molecule has 0 aliphatic carbocycles. The molecule has 2 unspecified atom stereocenters. The number of halogens is 1. The third-order valence-corrected chi connectivity index (χ3v) is 3.00. The van der Waals surface area contributed by atoms with Gasteiger partial charge in [-0.2, -0.15) is 0 Å². The molecule has 14 heavy (non-hydrogen) atoms. The zero-order valence-corrected chi connectivity index (χ0v) is 9.37. The van der Waals surface area contributed by atoms with Crippen LogP contribution in [0.1, 0.15) is 24.6 Å². The molecule has 1 aliphatic heterocycles. The van der Waals surface area contributed by atoms with E-state index in [2.05, 4.69) is 26.2 Å². The van der Waals surface area contributed by atoms with Crippen molar-refractivity contribution in [2.45, 2.75) is 25.0 Å². The van der Waals surface area contributed by atoms with Crippen molar-refractivity contribution >= 4 is 15.9 Å². The van der Waals surface area contributed by atoms with Crippen LogP contribution in [0.3, 0.4) is 0 Å². The highest BCUT2D eigenvalue weighted by Crippen LogP contribution is 2.22. The van der Waals surface area contributed by atoms with Gasteiger partial charge in [0.2, 0.25) is 0 Å². The number of aromatic nitrogens is 1. The van der Waals surface area contributed by atoms with Crippen LogP contribution in [0.25, 0.3) is 0 Å². The van der Waals surface area contributed by atoms with Crippen molar-refractivity contribution in [3.05, 3.63) is 28.5 Å². The van der Waals surface area contributed by atoms with Gasteiger partial charge in [-0.05, 0) is 47.4 Å². The topological polar surface area (TPSA) is 45.2 Å². The maximum atomic E-state index is 9.97. The summed E-state index contributed by atoms with van der Waals surface area (Å²) >= 11 is 3.32. The van der Waals surface area contributed by atoms with Gasteiger partial charge >= 0.3 is 0 Å². The van der Waals surface area contributed by atoms with E-state index in [1.807, 2.05) is 12.1 Å². The Labute approximate surface area is 91.7 Å². The van der Waals surface area contributed by atoms with Gasteiger partial charge in [-0.3, -0.25) is 4.98 Å². The van der Waals surface area contributed by atoms with Crippen LogP contribution in [0.15, 0.2) is 22.8 Å². The van der Waals surface area contributed by atoms with E-state index < -0.39 is 6.10 Å². The normalized spacial score (nSPS) is 23.7. The minimum atomic E-state index is -0.481. The lowest BCUT2D eigenvalue weighted by molar-refractivity contribution is 0.133. The van der Waals surface area contributed by atoms with Crippen molar-refractivity contribution in [3.8, 4) is 0 Å². The van der Waals surface area contributed by atoms with E-state index >= 15 is 0 Å². The van der Waals surface area contributed by atoms with E-state index in [0.717, 1.165) is 29.6 Å². The van der Waals surface area contributed by atoms with Crippen LogP contribution < -0.4 is 5.32 Å². The lowest BCUT2D eigenvalue weighted by atomic mass is 10.1. The first-order chi connectivity index (χ1) is 6.77. The Morgan fingerprint density at radius 2 is 2.43 bits per heavy atom. The Bertz CT molecular complexity index is 295. The number of nitrogens with zero attached hydrogens (tertiary/aromatic N) is 1. The molecule has 1 aliphatic rings. The fourth-order valence-corrected chi connectivity index (χ4v) is 1.98. The number of hydrogen-bond acceptors (Lipinski definition) is 3. The average Bonchev–Trinajstić information content (AvgIpc) is 2.71. The van der Waals surface area contributed by atoms with Crippen molar-refractivity contribution in [3.63, 3.8) is 0 Å². The minimum Gasteiger partial charge on any atom is -0.385 e. The summed E-state index contributed by atoms with van der Waals surface area (Å²) in [6, 6.07) is 3.93. The number of hydrogen-bond donors (Lipinski definition) is 2. The molecule has 1 fully saturated rings. The maximum absolute atomic E-state index is 9.97. The zero-order chi connectivity index (χ0) is 9.97. The summed E-state index contributed by atoms with van der Waals surface area (Å²) in [7, 11) is 0. The van der Waals surface area contributed by atoms with Crippen LogP contribution in [-0.2, 0) is 0 Å². The van der Waals surface area contributed by atoms with Gasteiger partial charge in [0.25, 0.3) is 0 Å². The highest BCUT2D eigenvalue weighted by Gasteiger charge is 2.24. The fourth-order valence-electron chi connectivity index (χ4n) is 1.75. The van der Waals surface area contributed by atoms with Gasteiger partial charge in [-0.25, -0.2) is 0 Å². The second-order valence-corrected chi connectivity index (χ2v) is 4.46. The van der Waals surface area contributed by atoms with Crippen LogP contribution in [0, 0.1) is 0 Å². The minimum absolute atomic E-state index is 0.170. The van der Waals surface area contributed by atoms with Crippen LogP contribution >= 0.6 is 15.9 Å². The van der Waals surface area contributed by atoms with Gasteiger partial charge in [0, 0.05) is 16.7 Å². The summed E-state index contributed by atoms with van der Waals surface area (Å²) in [5.41, 5.74) is 0.743. The van der Waals surface area contributed by atoms with Gasteiger partial charge in [-0.15, -0.1) is 0 Å². The highest BCUT2D eigenvalue weighted by molar-refractivity contribution is 9.10. The van der Waals surface area contributed by atoms with Crippen molar-refractivity contribution in [1.29, 1.82) is 0 Å². The second-order valence-electron chi connectivity index (χ2n) is 3.55. The third-order valence-electron chi connectivity index (χ3n) is 2.53. The highest BCUT2D eigenvalue weighted by atomic mass is 79.9. The second kappa shape index (κ2) is 4.38. The smallest absolute Gasteiger partial charge is 0.111 e. The van der Waals surface area contributed by atoms with Gasteiger partial charge in [-0.1, -0.05) is 0 Å². The molecule has 0 bridgehead atoms. The van der Waals surface area contributed by atoms with Crippen LogP contribution in [0.5, 0.6) is 0 Å².